The molecule has 0 unspecified atom stereocenters. The molecule has 0 radical (unpaired) electrons. The monoisotopic (exact) mass is 266 g/mol. The summed E-state index contributed by atoms with van der Waals surface area (Å²) < 4.78 is 1.58. The van der Waals surface area contributed by atoms with Gasteiger partial charge in [-0.2, -0.15) is 0 Å². The second-order valence-corrected chi connectivity index (χ2v) is 4.42. The topological polar surface area (TPSA) is 97.1 Å². The van der Waals surface area contributed by atoms with Crippen LogP contribution in [0.5, 0.6) is 0 Å². The van der Waals surface area contributed by atoms with Crippen molar-refractivity contribution in [2.75, 3.05) is 5.32 Å². The Labute approximate surface area is 106 Å². The normalized spacial score (nSPS) is 10.3. The van der Waals surface area contributed by atoms with Crippen LogP contribution in [0.3, 0.4) is 0 Å². The third-order valence-corrected chi connectivity index (χ3v) is 2.96. The smallest absolute Gasteiger partial charge is 0.309 e. The fourth-order valence-corrected chi connectivity index (χ4v) is 2.04. The fourth-order valence-electron chi connectivity index (χ4n) is 1.34. The number of carboxylic acids is 1. The number of aromatic nitrogens is 3. The van der Waals surface area contributed by atoms with E-state index in [-0.39, 0.29) is 12.3 Å². The Kier molecular flexibility index (Phi) is 3.38. The summed E-state index contributed by atoms with van der Waals surface area (Å²) in [4.78, 5) is 30.1. The lowest BCUT2D eigenvalue weighted by Gasteiger charge is -2.01. The maximum absolute atomic E-state index is 11.8. The summed E-state index contributed by atoms with van der Waals surface area (Å²) >= 11 is 1.19. The molecule has 94 valence electrons. The number of carbonyl (C=O) groups excluding carboxylic acids is 1. The minimum atomic E-state index is -0.954. The molecule has 2 aromatic heterocycles. The van der Waals surface area contributed by atoms with Gasteiger partial charge in [0, 0.05) is 12.4 Å². The molecule has 0 aromatic carbocycles. The first-order chi connectivity index (χ1) is 8.56. The van der Waals surface area contributed by atoms with E-state index in [1.54, 1.807) is 17.0 Å². The molecular formula is C10H10N4O3S. The molecule has 2 rings (SSSR count). The van der Waals surface area contributed by atoms with Crippen molar-refractivity contribution in [3.05, 3.63) is 29.3 Å². The van der Waals surface area contributed by atoms with Crippen molar-refractivity contribution in [3.63, 3.8) is 0 Å². The zero-order valence-corrected chi connectivity index (χ0v) is 10.3. The molecule has 7 nitrogen and oxygen atoms in total. The van der Waals surface area contributed by atoms with E-state index in [4.69, 9.17) is 5.11 Å². The van der Waals surface area contributed by atoms with E-state index in [0.717, 1.165) is 0 Å². The van der Waals surface area contributed by atoms with Crippen LogP contribution in [0.4, 0.5) is 5.13 Å². The van der Waals surface area contributed by atoms with E-state index in [2.05, 4.69) is 15.3 Å². The Morgan fingerprint density at radius 3 is 2.94 bits per heavy atom. The predicted molar refractivity (Wildman–Crippen MR) is 64.6 cm³/mol. The summed E-state index contributed by atoms with van der Waals surface area (Å²) in [7, 11) is 1.71. The summed E-state index contributed by atoms with van der Waals surface area (Å²) in [5.74, 6) is -1.28. The van der Waals surface area contributed by atoms with Crippen LogP contribution in [0.1, 0.15) is 16.2 Å². The van der Waals surface area contributed by atoms with E-state index in [1.165, 1.54) is 23.9 Å². The second kappa shape index (κ2) is 4.96. The third-order valence-electron chi connectivity index (χ3n) is 2.15. The van der Waals surface area contributed by atoms with Gasteiger partial charge >= 0.3 is 5.97 Å². The summed E-state index contributed by atoms with van der Waals surface area (Å²) in [5, 5.41) is 13.2. The van der Waals surface area contributed by atoms with E-state index in [0.29, 0.717) is 16.5 Å². The Bertz CT molecular complexity index is 589. The molecule has 0 aliphatic rings. The van der Waals surface area contributed by atoms with E-state index in [9.17, 15) is 9.59 Å². The van der Waals surface area contributed by atoms with Crippen molar-refractivity contribution >= 4 is 28.3 Å². The van der Waals surface area contributed by atoms with Gasteiger partial charge in [0.2, 0.25) is 0 Å². The van der Waals surface area contributed by atoms with Gasteiger partial charge in [0.15, 0.2) is 5.13 Å². The molecule has 0 saturated carbocycles. The fraction of sp³-hybridized carbons (Fsp3) is 0.200. The molecule has 0 spiro atoms. The number of aryl methyl sites for hydroxylation is 1. The minimum Gasteiger partial charge on any atom is -0.481 e. The van der Waals surface area contributed by atoms with E-state index >= 15 is 0 Å². The lowest BCUT2D eigenvalue weighted by Crippen LogP contribution is -2.15. The number of nitrogens with one attached hydrogen (secondary N) is 1. The highest BCUT2D eigenvalue weighted by Gasteiger charge is 2.12. The maximum atomic E-state index is 11.8. The van der Waals surface area contributed by atoms with Crippen molar-refractivity contribution in [3.8, 4) is 0 Å². The number of hydrogen-bond donors (Lipinski definition) is 2. The van der Waals surface area contributed by atoms with Crippen LogP contribution >= 0.6 is 11.3 Å². The van der Waals surface area contributed by atoms with Gasteiger partial charge < -0.3 is 9.67 Å². The van der Waals surface area contributed by atoms with Gasteiger partial charge in [-0.1, -0.05) is 0 Å². The van der Waals surface area contributed by atoms with Crippen molar-refractivity contribution < 1.29 is 14.7 Å². The number of imidazole rings is 1. The number of amides is 1. The van der Waals surface area contributed by atoms with E-state index in [1.807, 2.05) is 0 Å². The van der Waals surface area contributed by atoms with Crippen LogP contribution in [0.2, 0.25) is 0 Å². The number of rotatable bonds is 4. The third kappa shape index (κ3) is 2.72. The molecule has 0 atom stereocenters. The van der Waals surface area contributed by atoms with Crippen LogP contribution in [0, 0.1) is 0 Å². The van der Waals surface area contributed by atoms with E-state index < -0.39 is 5.97 Å². The van der Waals surface area contributed by atoms with Gasteiger partial charge in [-0.3, -0.25) is 14.9 Å². The van der Waals surface area contributed by atoms with Gasteiger partial charge in [-0.25, -0.2) is 9.97 Å². The molecule has 0 aliphatic heterocycles. The Morgan fingerprint density at radius 2 is 2.33 bits per heavy atom. The lowest BCUT2D eigenvalue weighted by atomic mass is 10.3. The maximum Gasteiger partial charge on any atom is 0.309 e. The number of anilines is 1. The summed E-state index contributed by atoms with van der Waals surface area (Å²) in [6.07, 6.45) is 2.81. The zero-order valence-electron chi connectivity index (χ0n) is 9.45. The average Bonchev–Trinajstić information content (AvgIpc) is 2.87. The number of hydrogen-bond acceptors (Lipinski definition) is 5. The number of aliphatic carboxylic acids is 1. The van der Waals surface area contributed by atoms with Crippen molar-refractivity contribution in [1.29, 1.82) is 0 Å². The second-order valence-electron chi connectivity index (χ2n) is 3.56. The quantitative estimate of drug-likeness (QED) is 0.851. The molecule has 8 heteroatoms. The SMILES string of the molecule is Cn1cncc1C(=O)Nc1nc(CC(=O)O)cs1. The average molecular weight is 266 g/mol. The van der Waals surface area contributed by atoms with Crippen molar-refractivity contribution in [1.82, 2.24) is 14.5 Å². The lowest BCUT2D eigenvalue weighted by molar-refractivity contribution is -0.136. The summed E-state index contributed by atoms with van der Waals surface area (Å²) in [6, 6.07) is 0. The minimum absolute atomic E-state index is 0.155. The number of carboxylic acid groups (broad SMARTS) is 1. The Balaban J connectivity index is 2.06. The van der Waals surface area contributed by atoms with Gasteiger partial charge in [0.1, 0.15) is 5.69 Å². The Morgan fingerprint density at radius 1 is 1.56 bits per heavy atom. The van der Waals surface area contributed by atoms with Crippen molar-refractivity contribution in [2.45, 2.75) is 6.42 Å². The molecular weight excluding hydrogens is 256 g/mol. The molecule has 0 saturated heterocycles. The van der Waals surface area contributed by atoms with Crippen LogP contribution in [0.15, 0.2) is 17.9 Å². The van der Waals surface area contributed by atoms with Gasteiger partial charge in [-0.05, 0) is 0 Å². The summed E-state index contributed by atoms with van der Waals surface area (Å²) in [5.41, 5.74) is 0.831. The standard InChI is InChI=1S/C10H10N4O3S/c1-14-5-11-3-7(14)9(17)13-10-12-6(4-18-10)2-8(15)16/h3-5H,2H2,1H3,(H,15,16)(H,12,13,17). The molecule has 18 heavy (non-hydrogen) atoms. The van der Waals surface area contributed by atoms with Crippen LogP contribution < -0.4 is 5.32 Å². The highest BCUT2D eigenvalue weighted by molar-refractivity contribution is 7.14. The highest BCUT2D eigenvalue weighted by atomic mass is 32.1. The summed E-state index contributed by atoms with van der Waals surface area (Å²) in [6.45, 7) is 0. The molecule has 2 heterocycles. The highest BCUT2D eigenvalue weighted by Crippen LogP contribution is 2.16. The molecule has 0 fully saturated rings. The van der Waals surface area contributed by atoms with Crippen molar-refractivity contribution in [2.24, 2.45) is 7.05 Å². The van der Waals surface area contributed by atoms with Crippen LogP contribution in [0.25, 0.3) is 0 Å². The molecule has 1 amide bonds. The van der Waals surface area contributed by atoms with Gasteiger partial charge in [-0.15, -0.1) is 11.3 Å². The van der Waals surface area contributed by atoms with Crippen LogP contribution in [-0.2, 0) is 18.3 Å². The molecule has 2 N–H and O–H groups in total. The molecule has 0 bridgehead atoms. The number of thiazole rings is 1. The van der Waals surface area contributed by atoms with Gasteiger partial charge in [0.05, 0.1) is 24.6 Å². The number of nitrogens with zero attached hydrogens (tertiary/aromatic N) is 3. The Hall–Kier alpha value is -2.22. The first-order valence-corrected chi connectivity index (χ1v) is 5.88. The van der Waals surface area contributed by atoms with Crippen LogP contribution in [-0.4, -0.2) is 31.5 Å². The largest absolute Gasteiger partial charge is 0.481 e. The zero-order chi connectivity index (χ0) is 13.1. The van der Waals surface area contributed by atoms with Gasteiger partial charge in [0.25, 0.3) is 5.91 Å². The molecule has 2 aromatic rings. The molecule has 0 aliphatic carbocycles. The first kappa shape index (κ1) is 12.2. The predicted octanol–water partition coefficient (Wildman–Crippen LogP) is 0.756. The number of carbonyl (C=O) groups is 2. The first-order valence-electron chi connectivity index (χ1n) is 5.00.